The van der Waals surface area contributed by atoms with Crippen LogP contribution in [0.1, 0.15) is 25.8 Å². The molecule has 1 aromatic carbocycles. The fourth-order valence-corrected chi connectivity index (χ4v) is 2.26. The third-order valence-electron chi connectivity index (χ3n) is 2.88. The van der Waals surface area contributed by atoms with Crippen LogP contribution in [-0.2, 0) is 0 Å². The molecule has 19 heavy (non-hydrogen) atoms. The van der Waals surface area contributed by atoms with E-state index in [0.717, 1.165) is 35.2 Å². The Morgan fingerprint density at radius 2 is 2.00 bits per heavy atom. The van der Waals surface area contributed by atoms with E-state index in [0.29, 0.717) is 12.0 Å². The lowest BCUT2D eigenvalue weighted by Crippen LogP contribution is -2.32. The Balaban J connectivity index is 2.50. The van der Waals surface area contributed by atoms with E-state index >= 15 is 0 Å². The lowest BCUT2D eigenvalue weighted by molar-refractivity contribution is 0.466. The number of hydrogen-bond acceptors (Lipinski definition) is 3. The lowest BCUT2D eigenvalue weighted by Gasteiger charge is -2.18. The molecule has 0 aliphatic heterocycles. The van der Waals surface area contributed by atoms with Crippen molar-refractivity contribution >= 4 is 34.0 Å². The van der Waals surface area contributed by atoms with Crippen molar-refractivity contribution < 1.29 is 4.55 Å². The maximum atomic E-state index is 8.69. The Kier molecular flexibility index (Phi) is 8.46. The number of hydrogen-bond donors (Lipinski definition) is 2. The minimum atomic E-state index is 0.368. The van der Waals surface area contributed by atoms with Gasteiger partial charge in [0.05, 0.1) is 0 Å². The van der Waals surface area contributed by atoms with Gasteiger partial charge in [0.15, 0.2) is 0 Å². The number of nitrogens with one attached hydrogen (secondary N) is 1. The summed E-state index contributed by atoms with van der Waals surface area (Å²) >= 11 is 4.35. The van der Waals surface area contributed by atoms with Gasteiger partial charge in [-0.1, -0.05) is 54.1 Å². The second-order valence-corrected chi connectivity index (χ2v) is 6.40. The van der Waals surface area contributed by atoms with Crippen molar-refractivity contribution in [3.05, 3.63) is 40.4 Å². The summed E-state index contributed by atoms with van der Waals surface area (Å²) in [7, 11) is 0. The first-order valence-corrected chi connectivity index (χ1v) is 8.30. The van der Waals surface area contributed by atoms with Gasteiger partial charge in [-0.05, 0) is 48.6 Å². The van der Waals surface area contributed by atoms with Crippen molar-refractivity contribution in [1.82, 2.24) is 5.32 Å². The third kappa shape index (κ3) is 7.16. The fraction of sp³-hybridized carbons (Fsp3) is 0.467. The topological polar surface area (TPSA) is 32.3 Å². The number of halogens is 1. The van der Waals surface area contributed by atoms with E-state index in [1.54, 1.807) is 0 Å². The number of rotatable bonds is 8. The van der Waals surface area contributed by atoms with Crippen LogP contribution in [0, 0.1) is 5.92 Å². The van der Waals surface area contributed by atoms with Crippen molar-refractivity contribution in [3.8, 4) is 0 Å². The van der Waals surface area contributed by atoms with Gasteiger partial charge in [0.2, 0.25) is 0 Å². The van der Waals surface area contributed by atoms with E-state index in [1.807, 2.05) is 0 Å². The first kappa shape index (κ1) is 16.8. The first-order chi connectivity index (χ1) is 9.13. The Hall–Kier alpha value is -0.290. The zero-order valence-electron chi connectivity index (χ0n) is 11.5. The highest BCUT2D eigenvalue weighted by molar-refractivity contribution is 9.10. The van der Waals surface area contributed by atoms with Crippen molar-refractivity contribution in [1.29, 1.82) is 0 Å². The van der Waals surface area contributed by atoms with E-state index in [2.05, 4.69) is 71.5 Å². The van der Waals surface area contributed by atoms with Crippen molar-refractivity contribution in [3.63, 3.8) is 0 Å². The van der Waals surface area contributed by atoms with E-state index in [9.17, 15) is 0 Å². The zero-order chi connectivity index (χ0) is 14.1. The van der Waals surface area contributed by atoms with Crippen LogP contribution >= 0.6 is 28.0 Å². The number of benzene rings is 1. The van der Waals surface area contributed by atoms with E-state index in [4.69, 9.17) is 4.55 Å². The van der Waals surface area contributed by atoms with Crippen LogP contribution in [0.5, 0.6) is 0 Å². The molecule has 2 nitrogen and oxygen atoms in total. The molecular weight excluding hydrogens is 322 g/mol. The minimum Gasteiger partial charge on any atom is -0.330 e. The molecule has 106 valence electrons. The molecule has 0 heterocycles. The molecule has 0 saturated carbocycles. The predicted molar refractivity (Wildman–Crippen MR) is 89.5 cm³/mol. The quantitative estimate of drug-likeness (QED) is 0.531. The molecule has 0 radical (unpaired) electrons. The van der Waals surface area contributed by atoms with Crippen LogP contribution in [-0.4, -0.2) is 22.9 Å². The molecule has 0 aliphatic carbocycles. The highest BCUT2D eigenvalue weighted by Gasteiger charge is 2.08. The smallest absolute Gasteiger partial charge is 0.0276 e. The highest BCUT2D eigenvalue weighted by atomic mass is 79.9. The summed E-state index contributed by atoms with van der Waals surface area (Å²) in [4.78, 5) is 0. The van der Waals surface area contributed by atoms with Crippen LogP contribution in [0.2, 0.25) is 0 Å². The van der Waals surface area contributed by atoms with E-state index in [-0.39, 0.29) is 0 Å². The third-order valence-corrected chi connectivity index (χ3v) is 3.88. The minimum absolute atomic E-state index is 0.368. The molecule has 1 rings (SSSR count). The highest BCUT2D eigenvalue weighted by Crippen LogP contribution is 2.13. The maximum Gasteiger partial charge on any atom is 0.0276 e. The predicted octanol–water partition coefficient (Wildman–Crippen LogP) is 4.67. The summed E-state index contributed by atoms with van der Waals surface area (Å²) in [6.45, 7) is 5.36. The van der Waals surface area contributed by atoms with Crippen LogP contribution in [0.25, 0.3) is 6.08 Å². The summed E-state index contributed by atoms with van der Waals surface area (Å²) < 4.78 is 9.79. The second-order valence-electron chi connectivity index (χ2n) is 4.82. The molecule has 4 heteroatoms. The average Bonchev–Trinajstić information content (AvgIpc) is 2.39. The molecule has 2 N–H and O–H groups in total. The van der Waals surface area contributed by atoms with Gasteiger partial charge in [0.25, 0.3) is 0 Å². The molecule has 0 aromatic heterocycles. The normalized spacial score (nSPS) is 13.3. The molecule has 1 atom stereocenters. The van der Waals surface area contributed by atoms with Crippen molar-refractivity contribution in [2.45, 2.75) is 26.3 Å². The van der Waals surface area contributed by atoms with Crippen LogP contribution < -0.4 is 5.32 Å². The van der Waals surface area contributed by atoms with Crippen molar-refractivity contribution in [2.24, 2.45) is 5.92 Å². The van der Waals surface area contributed by atoms with E-state index in [1.165, 1.54) is 5.56 Å². The van der Waals surface area contributed by atoms with Gasteiger partial charge < -0.3 is 9.87 Å². The molecule has 0 fully saturated rings. The first-order valence-electron chi connectivity index (χ1n) is 6.57. The standard InChI is InChI=1S/C15H22BrNOS/c1-12(2)15(17-10-3-11-19-18)9-6-13-4-7-14(16)8-5-13/h4-9,12,15,17-18H,3,10-11H2,1-2H3/b9-6+. The van der Waals surface area contributed by atoms with Gasteiger partial charge in [-0.15, -0.1) is 0 Å². The zero-order valence-corrected chi connectivity index (χ0v) is 13.9. The van der Waals surface area contributed by atoms with Crippen LogP contribution in [0.4, 0.5) is 0 Å². The molecule has 1 aromatic rings. The molecule has 1 unspecified atom stereocenters. The van der Waals surface area contributed by atoms with Crippen LogP contribution in [0.3, 0.4) is 0 Å². The summed E-state index contributed by atoms with van der Waals surface area (Å²) in [5.41, 5.74) is 1.21. The van der Waals surface area contributed by atoms with E-state index < -0.39 is 0 Å². The van der Waals surface area contributed by atoms with Gasteiger partial charge in [0, 0.05) is 16.3 Å². The molecule has 0 spiro atoms. The van der Waals surface area contributed by atoms with Gasteiger partial charge in [-0.25, -0.2) is 0 Å². The van der Waals surface area contributed by atoms with Gasteiger partial charge in [-0.3, -0.25) is 0 Å². The molecule has 0 bridgehead atoms. The lowest BCUT2D eigenvalue weighted by atomic mass is 10.0. The SMILES string of the molecule is CC(C)C(/C=C/c1ccc(Br)cc1)NCCCSO. The largest absolute Gasteiger partial charge is 0.330 e. The van der Waals surface area contributed by atoms with Gasteiger partial charge in [0.1, 0.15) is 0 Å². The molecule has 0 saturated heterocycles. The Labute approximate surface area is 129 Å². The maximum absolute atomic E-state index is 8.69. The van der Waals surface area contributed by atoms with Crippen molar-refractivity contribution in [2.75, 3.05) is 12.3 Å². The monoisotopic (exact) mass is 343 g/mol. The summed E-state index contributed by atoms with van der Waals surface area (Å²) in [5.74, 6) is 1.34. The Morgan fingerprint density at radius 3 is 2.58 bits per heavy atom. The Bertz CT molecular complexity index is 378. The molecule has 0 aliphatic rings. The molecular formula is C15H22BrNOS. The molecule has 0 amide bonds. The fourth-order valence-electron chi connectivity index (χ4n) is 1.72. The van der Waals surface area contributed by atoms with Gasteiger partial charge >= 0.3 is 0 Å². The Morgan fingerprint density at radius 1 is 1.32 bits per heavy atom. The second kappa shape index (κ2) is 9.59. The summed E-state index contributed by atoms with van der Waals surface area (Å²) in [6.07, 6.45) is 5.36. The van der Waals surface area contributed by atoms with Crippen LogP contribution in [0.15, 0.2) is 34.8 Å². The van der Waals surface area contributed by atoms with Gasteiger partial charge in [-0.2, -0.15) is 0 Å². The average molecular weight is 344 g/mol. The summed E-state index contributed by atoms with van der Waals surface area (Å²) in [6, 6.07) is 8.67. The summed E-state index contributed by atoms with van der Waals surface area (Å²) in [5, 5.41) is 3.52.